The largest absolute Gasteiger partial charge is 0.484 e. The maximum absolute atomic E-state index is 12.5. The molecule has 0 saturated carbocycles. The van der Waals surface area contributed by atoms with E-state index >= 15 is 0 Å². The highest BCUT2D eigenvalue weighted by molar-refractivity contribution is 5.81. The average molecular weight is 375 g/mol. The molecule has 0 spiro atoms. The number of carbonyl (C=O) groups is 2. The van der Waals surface area contributed by atoms with Gasteiger partial charge in [0, 0.05) is 19.6 Å². The van der Waals surface area contributed by atoms with E-state index in [0.717, 1.165) is 25.7 Å². The molecule has 1 saturated heterocycles. The van der Waals surface area contributed by atoms with Gasteiger partial charge >= 0.3 is 0 Å². The number of piperidine rings is 1. The molecule has 1 aromatic rings. The van der Waals surface area contributed by atoms with Crippen LogP contribution in [0.2, 0.25) is 0 Å². The summed E-state index contributed by atoms with van der Waals surface area (Å²) in [5.74, 6) is 0.605. The van der Waals surface area contributed by atoms with Crippen molar-refractivity contribution in [2.75, 3.05) is 26.2 Å². The number of carbonyl (C=O) groups excluding carboxylic acids is 2. The molecule has 0 aromatic heterocycles. The fourth-order valence-electron chi connectivity index (χ4n) is 3.24. The SMILES string of the molecule is CCCCNC(=O)C1CCCN(C(=O)COc2ccc(C(C)(C)C)cc2)C1. The first-order valence-corrected chi connectivity index (χ1v) is 10.1. The van der Waals surface area contributed by atoms with E-state index in [4.69, 9.17) is 4.74 Å². The van der Waals surface area contributed by atoms with Crippen LogP contribution in [0.4, 0.5) is 0 Å². The standard InChI is InChI=1S/C22H34N2O3/c1-5-6-13-23-21(26)17-8-7-14-24(15-17)20(25)16-27-19-11-9-18(10-12-19)22(2,3)4/h9-12,17H,5-8,13-16H2,1-4H3,(H,23,26). The molecule has 2 rings (SSSR count). The van der Waals surface area contributed by atoms with Crippen LogP contribution < -0.4 is 10.1 Å². The monoisotopic (exact) mass is 374 g/mol. The zero-order valence-corrected chi connectivity index (χ0v) is 17.2. The van der Waals surface area contributed by atoms with Crippen molar-refractivity contribution in [1.82, 2.24) is 10.2 Å². The van der Waals surface area contributed by atoms with Gasteiger partial charge in [0.05, 0.1) is 5.92 Å². The Bertz CT molecular complexity index is 619. The third-order valence-corrected chi connectivity index (χ3v) is 5.06. The van der Waals surface area contributed by atoms with E-state index in [9.17, 15) is 9.59 Å². The predicted molar refractivity (Wildman–Crippen MR) is 108 cm³/mol. The Labute approximate surface area is 163 Å². The van der Waals surface area contributed by atoms with Crippen molar-refractivity contribution in [2.24, 2.45) is 5.92 Å². The van der Waals surface area contributed by atoms with E-state index in [1.54, 1.807) is 4.90 Å². The lowest BCUT2D eigenvalue weighted by Crippen LogP contribution is -2.47. The third-order valence-electron chi connectivity index (χ3n) is 5.06. The van der Waals surface area contributed by atoms with Gasteiger partial charge in [-0.3, -0.25) is 9.59 Å². The van der Waals surface area contributed by atoms with Gasteiger partial charge in [-0.25, -0.2) is 0 Å². The molecule has 1 heterocycles. The maximum atomic E-state index is 12.5. The summed E-state index contributed by atoms with van der Waals surface area (Å²) in [7, 11) is 0. The van der Waals surface area contributed by atoms with Crippen molar-refractivity contribution in [2.45, 2.75) is 58.8 Å². The quantitative estimate of drug-likeness (QED) is 0.743. The predicted octanol–water partition coefficient (Wildman–Crippen LogP) is 3.52. The van der Waals surface area contributed by atoms with Crippen LogP contribution in [0.15, 0.2) is 24.3 Å². The van der Waals surface area contributed by atoms with Crippen LogP contribution in [-0.2, 0) is 15.0 Å². The second-order valence-corrected chi connectivity index (χ2v) is 8.39. The lowest BCUT2D eigenvalue weighted by atomic mass is 9.87. The Kier molecular flexibility index (Phi) is 7.69. The number of likely N-dealkylation sites (tertiary alicyclic amines) is 1. The number of amides is 2. The van der Waals surface area contributed by atoms with Gasteiger partial charge in [-0.05, 0) is 42.4 Å². The van der Waals surface area contributed by atoms with Crippen LogP contribution in [0.25, 0.3) is 0 Å². The highest BCUT2D eigenvalue weighted by atomic mass is 16.5. The number of benzene rings is 1. The number of nitrogens with zero attached hydrogens (tertiary/aromatic N) is 1. The zero-order valence-electron chi connectivity index (χ0n) is 17.2. The summed E-state index contributed by atoms with van der Waals surface area (Å²) >= 11 is 0. The Balaban J connectivity index is 1.82. The first kappa shape index (κ1) is 21.3. The van der Waals surface area contributed by atoms with Crippen molar-refractivity contribution < 1.29 is 14.3 Å². The van der Waals surface area contributed by atoms with Crippen molar-refractivity contribution >= 4 is 11.8 Å². The van der Waals surface area contributed by atoms with Crippen LogP contribution in [-0.4, -0.2) is 43.0 Å². The molecular weight excluding hydrogens is 340 g/mol. The summed E-state index contributed by atoms with van der Waals surface area (Å²) in [5, 5.41) is 2.98. The summed E-state index contributed by atoms with van der Waals surface area (Å²) in [6.07, 6.45) is 3.75. The Hall–Kier alpha value is -2.04. The molecule has 2 amide bonds. The van der Waals surface area contributed by atoms with Crippen LogP contribution in [0.1, 0.15) is 58.9 Å². The molecule has 1 aliphatic rings. The summed E-state index contributed by atoms with van der Waals surface area (Å²) < 4.78 is 5.67. The van der Waals surface area contributed by atoms with Crippen LogP contribution >= 0.6 is 0 Å². The highest BCUT2D eigenvalue weighted by Crippen LogP contribution is 2.24. The van der Waals surface area contributed by atoms with E-state index in [2.05, 4.69) is 33.0 Å². The summed E-state index contributed by atoms with van der Waals surface area (Å²) in [6.45, 7) is 10.5. The first-order chi connectivity index (χ1) is 12.8. The molecule has 1 aliphatic heterocycles. The number of hydrogen-bond acceptors (Lipinski definition) is 3. The second kappa shape index (κ2) is 9.77. The zero-order chi connectivity index (χ0) is 19.9. The molecule has 0 radical (unpaired) electrons. The molecule has 1 unspecified atom stereocenters. The van der Waals surface area contributed by atoms with Crippen molar-refractivity contribution in [3.05, 3.63) is 29.8 Å². The van der Waals surface area contributed by atoms with Crippen LogP contribution in [0.5, 0.6) is 5.75 Å². The summed E-state index contributed by atoms with van der Waals surface area (Å²) in [5.41, 5.74) is 1.32. The smallest absolute Gasteiger partial charge is 0.260 e. The maximum Gasteiger partial charge on any atom is 0.260 e. The fraction of sp³-hybridized carbons (Fsp3) is 0.636. The van der Waals surface area contributed by atoms with Crippen molar-refractivity contribution in [1.29, 1.82) is 0 Å². The first-order valence-electron chi connectivity index (χ1n) is 10.1. The van der Waals surface area contributed by atoms with Gasteiger partial charge in [-0.2, -0.15) is 0 Å². The molecule has 1 N–H and O–H groups in total. The van der Waals surface area contributed by atoms with Gasteiger partial charge in [-0.15, -0.1) is 0 Å². The molecule has 0 bridgehead atoms. The van der Waals surface area contributed by atoms with E-state index in [0.29, 0.717) is 25.4 Å². The van der Waals surface area contributed by atoms with Gasteiger partial charge < -0.3 is 15.0 Å². The second-order valence-electron chi connectivity index (χ2n) is 8.39. The van der Waals surface area contributed by atoms with Gasteiger partial charge in [0.25, 0.3) is 5.91 Å². The molecule has 0 aliphatic carbocycles. The van der Waals surface area contributed by atoms with E-state index in [1.165, 1.54) is 5.56 Å². The fourth-order valence-corrected chi connectivity index (χ4v) is 3.24. The molecule has 1 aromatic carbocycles. The number of ether oxygens (including phenoxy) is 1. The molecule has 27 heavy (non-hydrogen) atoms. The normalized spacial score (nSPS) is 17.5. The minimum atomic E-state index is -0.106. The number of nitrogens with one attached hydrogen (secondary N) is 1. The number of hydrogen-bond donors (Lipinski definition) is 1. The highest BCUT2D eigenvalue weighted by Gasteiger charge is 2.28. The molecule has 5 nitrogen and oxygen atoms in total. The molecule has 150 valence electrons. The minimum Gasteiger partial charge on any atom is -0.484 e. The van der Waals surface area contributed by atoms with Gasteiger partial charge in [0.2, 0.25) is 5.91 Å². The van der Waals surface area contributed by atoms with Gasteiger partial charge in [-0.1, -0.05) is 46.2 Å². The van der Waals surface area contributed by atoms with Gasteiger partial charge in [0.1, 0.15) is 5.75 Å². The topological polar surface area (TPSA) is 58.6 Å². The van der Waals surface area contributed by atoms with Crippen LogP contribution in [0.3, 0.4) is 0 Å². The lowest BCUT2D eigenvalue weighted by Gasteiger charge is -2.32. The number of rotatable bonds is 7. The number of unbranched alkanes of at least 4 members (excludes halogenated alkanes) is 1. The molecule has 1 fully saturated rings. The Morgan fingerprint density at radius 2 is 1.93 bits per heavy atom. The van der Waals surface area contributed by atoms with Crippen molar-refractivity contribution in [3.8, 4) is 5.75 Å². The Morgan fingerprint density at radius 3 is 2.56 bits per heavy atom. The third kappa shape index (κ3) is 6.56. The summed E-state index contributed by atoms with van der Waals surface area (Å²) in [4.78, 5) is 26.5. The van der Waals surface area contributed by atoms with Crippen LogP contribution in [0, 0.1) is 5.92 Å². The Morgan fingerprint density at radius 1 is 1.22 bits per heavy atom. The summed E-state index contributed by atoms with van der Waals surface area (Å²) in [6, 6.07) is 7.90. The van der Waals surface area contributed by atoms with Crippen molar-refractivity contribution in [3.63, 3.8) is 0 Å². The average Bonchev–Trinajstić information content (AvgIpc) is 2.66. The minimum absolute atomic E-state index is 0.0129. The lowest BCUT2D eigenvalue weighted by molar-refractivity contribution is -0.137. The molecular formula is C22H34N2O3. The van der Waals surface area contributed by atoms with E-state index in [-0.39, 0.29) is 29.8 Å². The molecule has 1 atom stereocenters. The van der Waals surface area contributed by atoms with E-state index in [1.807, 2.05) is 24.3 Å². The molecule has 5 heteroatoms. The van der Waals surface area contributed by atoms with Gasteiger partial charge in [0.15, 0.2) is 6.61 Å². The van der Waals surface area contributed by atoms with E-state index < -0.39 is 0 Å².